The monoisotopic (exact) mass is 493 g/mol. The van der Waals surface area contributed by atoms with E-state index in [9.17, 15) is 8.42 Å². The van der Waals surface area contributed by atoms with Gasteiger partial charge in [-0.2, -0.15) is 13.1 Å². The lowest BCUT2D eigenvalue weighted by Gasteiger charge is -2.31. The SMILES string of the molecule is CCNS(=O)(=O)OC1CCNC(c2c(C=C[Si](C)(C)C)cnc3cc(OC)c(OC)cc23)C1. The van der Waals surface area contributed by atoms with E-state index in [0.29, 0.717) is 37.4 Å². The van der Waals surface area contributed by atoms with Crippen LogP contribution < -0.4 is 19.5 Å². The van der Waals surface area contributed by atoms with Gasteiger partial charge in [0, 0.05) is 30.2 Å². The van der Waals surface area contributed by atoms with E-state index >= 15 is 0 Å². The standard InChI is InChI=1S/C23H35N3O5SSi/c1-7-26-32(27,28)31-17-8-10-24-20(12-17)23-16(9-11-33(4,5)6)15-25-19-14-22(30-3)21(29-2)13-18(19)23/h9,11,13-15,17,20,24,26H,7-8,10,12H2,1-6H3. The van der Waals surface area contributed by atoms with E-state index in [1.165, 1.54) is 0 Å². The minimum absolute atomic E-state index is 0.106. The molecule has 0 bridgehead atoms. The van der Waals surface area contributed by atoms with E-state index in [-0.39, 0.29) is 6.04 Å². The number of nitrogens with one attached hydrogen (secondary N) is 2. The van der Waals surface area contributed by atoms with Crippen LogP contribution in [0.15, 0.2) is 24.0 Å². The van der Waals surface area contributed by atoms with E-state index in [4.69, 9.17) is 13.7 Å². The summed E-state index contributed by atoms with van der Waals surface area (Å²) in [6, 6.07) is 3.71. The summed E-state index contributed by atoms with van der Waals surface area (Å²) in [4.78, 5) is 4.69. The van der Waals surface area contributed by atoms with Crippen LogP contribution in [0.2, 0.25) is 19.6 Å². The van der Waals surface area contributed by atoms with Crippen LogP contribution >= 0.6 is 0 Å². The van der Waals surface area contributed by atoms with Gasteiger partial charge in [-0.3, -0.25) is 9.17 Å². The lowest BCUT2D eigenvalue weighted by Crippen LogP contribution is -2.39. The molecule has 2 aromatic rings. The van der Waals surface area contributed by atoms with Gasteiger partial charge in [0.1, 0.15) is 0 Å². The van der Waals surface area contributed by atoms with Crippen molar-refractivity contribution in [1.29, 1.82) is 0 Å². The molecule has 0 amide bonds. The molecule has 10 heteroatoms. The van der Waals surface area contributed by atoms with Crippen molar-refractivity contribution in [2.45, 2.75) is 51.6 Å². The minimum Gasteiger partial charge on any atom is -0.493 e. The molecule has 2 atom stereocenters. The summed E-state index contributed by atoms with van der Waals surface area (Å²) in [6.07, 6.45) is 4.73. The molecule has 33 heavy (non-hydrogen) atoms. The van der Waals surface area contributed by atoms with Crippen LogP contribution in [0.1, 0.15) is 36.9 Å². The quantitative estimate of drug-likeness (QED) is 0.513. The normalized spacial score (nSPS) is 19.8. The summed E-state index contributed by atoms with van der Waals surface area (Å²) in [5.74, 6) is 1.24. The first-order chi connectivity index (χ1) is 15.6. The molecule has 1 aliphatic heterocycles. The Labute approximate surface area is 198 Å². The van der Waals surface area contributed by atoms with Crippen molar-refractivity contribution >= 4 is 35.4 Å². The first kappa shape index (κ1) is 25.6. The summed E-state index contributed by atoms with van der Waals surface area (Å²) in [5.41, 5.74) is 5.14. The zero-order chi connectivity index (χ0) is 24.2. The molecular formula is C23H35N3O5SSi. The molecule has 0 saturated carbocycles. The summed E-state index contributed by atoms with van der Waals surface area (Å²) >= 11 is 0. The fourth-order valence-electron chi connectivity index (χ4n) is 4.00. The van der Waals surface area contributed by atoms with Gasteiger partial charge in [0.05, 0.1) is 33.9 Å². The van der Waals surface area contributed by atoms with Gasteiger partial charge in [0.25, 0.3) is 0 Å². The molecule has 8 nitrogen and oxygen atoms in total. The Morgan fingerprint density at radius 2 is 1.91 bits per heavy atom. The fourth-order valence-corrected chi connectivity index (χ4v) is 5.63. The highest BCUT2D eigenvalue weighted by Crippen LogP contribution is 2.38. The van der Waals surface area contributed by atoms with Crippen molar-refractivity contribution < 1.29 is 22.1 Å². The number of aromatic nitrogens is 1. The molecule has 1 aromatic heterocycles. The van der Waals surface area contributed by atoms with Crippen LogP contribution in [0, 0.1) is 0 Å². The molecule has 3 rings (SSSR count). The number of hydrogen-bond acceptors (Lipinski definition) is 7. The highest BCUT2D eigenvalue weighted by atomic mass is 32.2. The Morgan fingerprint density at radius 1 is 1.21 bits per heavy atom. The third-order valence-electron chi connectivity index (χ3n) is 5.50. The van der Waals surface area contributed by atoms with Gasteiger partial charge in [-0.25, -0.2) is 0 Å². The smallest absolute Gasteiger partial charge is 0.336 e. The highest BCUT2D eigenvalue weighted by Gasteiger charge is 2.30. The topological polar surface area (TPSA) is 98.8 Å². The Balaban J connectivity index is 2.09. The summed E-state index contributed by atoms with van der Waals surface area (Å²) in [6.45, 7) is 9.50. The lowest BCUT2D eigenvalue weighted by molar-refractivity contribution is 0.145. The van der Waals surface area contributed by atoms with Gasteiger partial charge < -0.3 is 14.8 Å². The molecule has 1 saturated heterocycles. The Hall–Kier alpha value is -1.98. The number of hydrogen-bond donors (Lipinski definition) is 2. The van der Waals surface area contributed by atoms with Crippen molar-refractivity contribution in [2.75, 3.05) is 27.3 Å². The predicted octanol–water partition coefficient (Wildman–Crippen LogP) is 3.81. The van der Waals surface area contributed by atoms with Crippen LogP contribution in [0.5, 0.6) is 11.5 Å². The molecule has 2 heterocycles. The molecule has 1 aromatic carbocycles. The summed E-state index contributed by atoms with van der Waals surface area (Å²) in [7, 11) is -2.01. The first-order valence-electron chi connectivity index (χ1n) is 11.2. The Kier molecular flexibility index (Phi) is 8.17. The number of pyridine rings is 1. The number of ether oxygens (including phenoxy) is 2. The van der Waals surface area contributed by atoms with E-state index in [1.54, 1.807) is 21.1 Å². The van der Waals surface area contributed by atoms with E-state index in [0.717, 1.165) is 22.0 Å². The van der Waals surface area contributed by atoms with Gasteiger partial charge in [-0.05, 0) is 36.6 Å². The molecule has 2 N–H and O–H groups in total. The third-order valence-corrected chi connectivity index (χ3v) is 7.83. The Morgan fingerprint density at radius 3 is 2.55 bits per heavy atom. The number of nitrogens with zero attached hydrogens (tertiary/aromatic N) is 1. The van der Waals surface area contributed by atoms with Gasteiger partial charge in [-0.15, -0.1) is 0 Å². The second kappa shape index (κ2) is 10.5. The number of methoxy groups -OCH3 is 2. The maximum atomic E-state index is 12.2. The largest absolute Gasteiger partial charge is 0.493 e. The van der Waals surface area contributed by atoms with Crippen molar-refractivity contribution in [1.82, 2.24) is 15.0 Å². The van der Waals surface area contributed by atoms with Crippen LogP contribution in [0.4, 0.5) is 0 Å². The van der Waals surface area contributed by atoms with E-state index in [1.807, 2.05) is 18.3 Å². The van der Waals surface area contributed by atoms with Crippen molar-refractivity contribution in [3.05, 3.63) is 35.2 Å². The molecular weight excluding hydrogens is 458 g/mol. The number of fused-ring (bicyclic) bond motifs is 1. The molecule has 182 valence electrons. The van der Waals surface area contributed by atoms with Crippen molar-refractivity contribution in [3.8, 4) is 11.5 Å². The minimum atomic E-state index is -3.77. The molecule has 1 aliphatic rings. The predicted molar refractivity (Wildman–Crippen MR) is 135 cm³/mol. The number of rotatable bonds is 9. The van der Waals surface area contributed by atoms with Gasteiger partial charge in [0.15, 0.2) is 11.5 Å². The molecule has 0 aliphatic carbocycles. The number of benzene rings is 1. The fraction of sp³-hybridized carbons (Fsp3) is 0.522. The average Bonchev–Trinajstić information content (AvgIpc) is 2.75. The maximum absolute atomic E-state index is 12.2. The summed E-state index contributed by atoms with van der Waals surface area (Å²) < 4.78 is 43.3. The molecule has 2 unspecified atom stereocenters. The van der Waals surface area contributed by atoms with Gasteiger partial charge in [-0.1, -0.05) is 38.3 Å². The van der Waals surface area contributed by atoms with E-state index in [2.05, 4.69) is 46.4 Å². The Bertz CT molecular complexity index is 1120. The summed E-state index contributed by atoms with van der Waals surface area (Å²) in [5, 5.41) is 4.50. The number of piperidine rings is 1. The van der Waals surface area contributed by atoms with Crippen LogP contribution in [0.25, 0.3) is 17.0 Å². The zero-order valence-corrected chi connectivity index (χ0v) is 22.1. The molecule has 0 radical (unpaired) electrons. The van der Waals surface area contributed by atoms with E-state index < -0.39 is 24.5 Å². The highest BCUT2D eigenvalue weighted by molar-refractivity contribution is 7.84. The second-order valence-corrected chi connectivity index (χ2v) is 15.7. The zero-order valence-electron chi connectivity index (χ0n) is 20.3. The maximum Gasteiger partial charge on any atom is 0.336 e. The van der Waals surface area contributed by atoms with Crippen LogP contribution in [-0.2, 0) is 14.5 Å². The van der Waals surface area contributed by atoms with Crippen LogP contribution in [0.3, 0.4) is 0 Å². The van der Waals surface area contributed by atoms with Crippen molar-refractivity contribution in [3.63, 3.8) is 0 Å². The lowest BCUT2D eigenvalue weighted by atomic mass is 9.90. The molecule has 0 spiro atoms. The van der Waals surface area contributed by atoms with Crippen LogP contribution in [-0.4, -0.2) is 54.9 Å². The first-order valence-corrected chi connectivity index (χ1v) is 16.2. The molecule has 1 fully saturated rings. The van der Waals surface area contributed by atoms with Gasteiger partial charge >= 0.3 is 10.3 Å². The second-order valence-electron chi connectivity index (χ2n) is 9.25. The van der Waals surface area contributed by atoms with Gasteiger partial charge in [0.2, 0.25) is 0 Å². The van der Waals surface area contributed by atoms with Crippen molar-refractivity contribution in [2.24, 2.45) is 0 Å². The average molecular weight is 494 g/mol. The third kappa shape index (κ3) is 6.54.